The second kappa shape index (κ2) is 6.40. The van der Waals surface area contributed by atoms with E-state index in [0.29, 0.717) is 17.9 Å². The van der Waals surface area contributed by atoms with Crippen LogP contribution in [0.3, 0.4) is 0 Å². The van der Waals surface area contributed by atoms with Crippen LogP contribution in [-0.2, 0) is 7.05 Å². The van der Waals surface area contributed by atoms with Crippen LogP contribution in [0.5, 0.6) is 0 Å². The van der Waals surface area contributed by atoms with Gasteiger partial charge in [0.15, 0.2) is 5.76 Å². The molecule has 0 radical (unpaired) electrons. The van der Waals surface area contributed by atoms with Crippen LogP contribution in [0.1, 0.15) is 46.3 Å². The van der Waals surface area contributed by atoms with Gasteiger partial charge in [-0.2, -0.15) is 5.10 Å². The number of rotatable bonds is 3. The number of hydrogen-bond acceptors (Lipinski definition) is 5. The van der Waals surface area contributed by atoms with Gasteiger partial charge in [-0.25, -0.2) is 0 Å². The Morgan fingerprint density at radius 3 is 2.81 bits per heavy atom. The third kappa shape index (κ3) is 2.89. The van der Waals surface area contributed by atoms with E-state index in [-0.39, 0.29) is 11.9 Å². The quantitative estimate of drug-likeness (QED) is 0.725. The Balaban J connectivity index is 1.69. The smallest absolute Gasteiger partial charge is 0.255 e. The zero-order valence-corrected chi connectivity index (χ0v) is 15.1. The van der Waals surface area contributed by atoms with Crippen molar-refractivity contribution in [2.75, 3.05) is 6.54 Å². The van der Waals surface area contributed by atoms with E-state index in [1.54, 1.807) is 10.9 Å². The van der Waals surface area contributed by atoms with Gasteiger partial charge in [-0.05, 0) is 38.8 Å². The average Bonchev–Trinajstić information content (AvgIpc) is 3.33. The lowest BCUT2D eigenvalue weighted by atomic mass is 10.0. The van der Waals surface area contributed by atoms with Crippen LogP contribution >= 0.6 is 0 Å². The number of hydrogen-bond donors (Lipinski definition) is 0. The summed E-state index contributed by atoms with van der Waals surface area (Å²) in [5, 5.41) is 8.62. The summed E-state index contributed by atoms with van der Waals surface area (Å²) in [6.07, 6.45) is 5.39. The monoisotopic (exact) mass is 351 g/mol. The average molecular weight is 351 g/mol. The van der Waals surface area contributed by atoms with Crippen molar-refractivity contribution in [1.29, 1.82) is 0 Å². The molecule has 1 aliphatic rings. The van der Waals surface area contributed by atoms with Gasteiger partial charge in [0.05, 0.1) is 28.6 Å². The molecule has 1 aliphatic heterocycles. The van der Waals surface area contributed by atoms with Crippen molar-refractivity contribution in [3.8, 4) is 11.3 Å². The molecule has 0 aliphatic carbocycles. The Bertz CT molecular complexity index is 941. The van der Waals surface area contributed by atoms with Crippen molar-refractivity contribution in [3.05, 3.63) is 53.2 Å². The van der Waals surface area contributed by atoms with E-state index in [0.717, 1.165) is 35.5 Å². The molecule has 1 saturated heterocycles. The lowest BCUT2D eigenvalue weighted by Crippen LogP contribution is -2.31. The predicted molar refractivity (Wildman–Crippen MR) is 95.4 cm³/mol. The Hall–Kier alpha value is -2.96. The Morgan fingerprint density at radius 2 is 2.12 bits per heavy atom. The first-order chi connectivity index (χ1) is 12.5. The second-order valence-corrected chi connectivity index (χ2v) is 6.78. The van der Waals surface area contributed by atoms with Gasteiger partial charge in [0.2, 0.25) is 0 Å². The summed E-state index contributed by atoms with van der Waals surface area (Å²) in [6.45, 7) is 4.51. The third-order valence-electron chi connectivity index (χ3n) is 4.74. The maximum atomic E-state index is 13.0. The molecule has 0 saturated carbocycles. The molecule has 1 unspecified atom stereocenters. The number of amides is 1. The van der Waals surface area contributed by atoms with Gasteiger partial charge in [0.25, 0.3) is 5.91 Å². The molecule has 3 aromatic rings. The minimum absolute atomic E-state index is 0.00893. The molecule has 1 fully saturated rings. The predicted octanol–water partition coefficient (Wildman–Crippen LogP) is 3.06. The zero-order chi connectivity index (χ0) is 18.3. The maximum absolute atomic E-state index is 13.0. The molecule has 3 aromatic heterocycles. The summed E-state index contributed by atoms with van der Waals surface area (Å²) in [5.41, 5.74) is 4.07. The Kier molecular flexibility index (Phi) is 4.06. The van der Waals surface area contributed by atoms with Crippen LogP contribution < -0.4 is 0 Å². The van der Waals surface area contributed by atoms with Crippen molar-refractivity contribution in [2.24, 2.45) is 7.05 Å². The molecular weight excluding hydrogens is 330 g/mol. The first-order valence-corrected chi connectivity index (χ1v) is 8.74. The first-order valence-electron chi connectivity index (χ1n) is 8.74. The molecule has 1 atom stereocenters. The van der Waals surface area contributed by atoms with Crippen LogP contribution in [0.15, 0.2) is 35.1 Å². The number of aryl methyl sites for hydroxylation is 3. The molecule has 26 heavy (non-hydrogen) atoms. The minimum atomic E-state index is -0.0783. The summed E-state index contributed by atoms with van der Waals surface area (Å²) in [7, 11) is 1.88. The van der Waals surface area contributed by atoms with Crippen molar-refractivity contribution in [2.45, 2.75) is 32.7 Å². The molecule has 7 heteroatoms. The van der Waals surface area contributed by atoms with Gasteiger partial charge in [0, 0.05) is 37.7 Å². The highest BCUT2D eigenvalue weighted by Gasteiger charge is 2.34. The van der Waals surface area contributed by atoms with Crippen molar-refractivity contribution < 1.29 is 9.32 Å². The molecule has 134 valence electrons. The van der Waals surface area contributed by atoms with E-state index in [1.807, 2.05) is 50.2 Å². The summed E-state index contributed by atoms with van der Waals surface area (Å²) < 4.78 is 7.20. The molecule has 0 N–H and O–H groups in total. The van der Waals surface area contributed by atoms with Crippen molar-refractivity contribution >= 4 is 5.91 Å². The molecular formula is C19H21N5O2. The SMILES string of the molecule is Cc1ccc(C(=O)N2CCCC2c2nn(C)cc2-c2cc(C)no2)cn1. The summed E-state index contributed by atoms with van der Waals surface area (Å²) in [4.78, 5) is 19.2. The molecule has 0 spiro atoms. The summed E-state index contributed by atoms with van der Waals surface area (Å²) in [6, 6.07) is 5.51. The molecule has 0 aromatic carbocycles. The number of carbonyl (C=O) groups excluding carboxylic acids is 1. The highest BCUT2D eigenvalue weighted by molar-refractivity contribution is 5.94. The van der Waals surface area contributed by atoms with Crippen LogP contribution in [-0.4, -0.2) is 37.3 Å². The number of pyridine rings is 1. The lowest BCUT2D eigenvalue weighted by Gasteiger charge is -2.24. The Morgan fingerprint density at radius 1 is 1.27 bits per heavy atom. The molecule has 1 amide bonds. The second-order valence-electron chi connectivity index (χ2n) is 6.78. The van der Waals surface area contributed by atoms with E-state index < -0.39 is 0 Å². The largest absolute Gasteiger partial charge is 0.356 e. The van der Waals surface area contributed by atoms with Gasteiger partial charge in [-0.15, -0.1) is 0 Å². The van der Waals surface area contributed by atoms with Gasteiger partial charge in [-0.1, -0.05) is 5.16 Å². The number of carbonyl (C=O) groups is 1. The van der Waals surface area contributed by atoms with E-state index in [9.17, 15) is 4.79 Å². The van der Waals surface area contributed by atoms with Crippen LogP contribution in [0.2, 0.25) is 0 Å². The standard InChI is InChI=1S/C19H21N5O2/c1-12-6-7-14(10-20-12)19(25)24-8-4-5-16(24)18-15(11-23(3)21-18)17-9-13(2)22-26-17/h6-7,9-11,16H,4-5,8H2,1-3H3. The molecule has 7 nitrogen and oxygen atoms in total. The number of likely N-dealkylation sites (tertiary alicyclic amines) is 1. The lowest BCUT2D eigenvalue weighted by molar-refractivity contribution is 0.0732. The topological polar surface area (TPSA) is 77.0 Å². The normalized spacial score (nSPS) is 17.0. The highest BCUT2D eigenvalue weighted by atomic mass is 16.5. The van der Waals surface area contributed by atoms with Crippen LogP contribution in [0, 0.1) is 13.8 Å². The van der Waals surface area contributed by atoms with Gasteiger partial charge >= 0.3 is 0 Å². The van der Waals surface area contributed by atoms with Gasteiger partial charge in [-0.3, -0.25) is 14.5 Å². The Labute approximate surface area is 151 Å². The van der Waals surface area contributed by atoms with Crippen molar-refractivity contribution in [1.82, 2.24) is 24.8 Å². The van der Waals surface area contributed by atoms with Crippen LogP contribution in [0.4, 0.5) is 0 Å². The van der Waals surface area contributed by atoms with E-state index >= 15 is 0 Å². The van der Waals surface area contributed by atoms with Gasteiger partial charge in [0.1, 0.15) is 0 Å². The van der Waals surface area contributed by atoms with E-state index in [4.69, 9.17) is 4.52 Å². The third-order valence-corrected chi connectivity index (χ3v) is 4.74. The minimum Gasteiger partial charge on any atom is -0.356 e. The fourth-order valence-corrected chi connectivity index (χ4v) is 3.49. The highest BCUT2D eigenvalue weighted by Crippen LogP contribution is 2.37. The zero-order valence-electron chi connectivity index (χ0n) is 15.1. The molecule has 4 rings (SSSR count). The molecule has 0 bridgehead atoms. The van der Waals surface area contributed by atoms with E-state index in [1.165, 1.54) is 0 Å². The maximum Gasteiger partial charge on any atom is 0.255 e. The van der Waals surface area contributed by atoms with Gasteiger partial charge < -0.3 is 9.42 Å². The fraction of sp³-hybridized carbons (Fsp3) is 0.368. The molecule has 4 heterocycles. The number of nitrogens with zero attached hydrogens (tertiary/aromatic N) is 5. The van der Waals surface area contributed by atoms with Crippen LogP contribution in [0.25, 0.3) is 11.3 Å². The number of aromatic nitrogens is 4. The van der Waals surface area contributed by atoms with Crippen molar-refractivity contribution in [3.63, 3.8) is 0 Å². The fourth-order valence-electron chi connectivity index (χ4n) is 3.49. The summed E-state index contributed by atoms with van der Waals surface area (Å²) in [5.74, 6) is 0.673. The first kappa shape index (κ1) is 16.5. The summed E-state index contributed by atoms with van der Waals surface area (Å²) >= 11 is 0. The van der Waals surface area contributed by atoms with E-state index in [2.05, 4.69) is 15.2 Å².